The molecule has 0 radical (unpaired) electrons. The first-order valence-corrected chi connectivity index (χ1v) is 8.89. The molecule has 0 N–H and O–H groups in total. The van der Waals surface area contributed by atoms with Crippen LogP contribution >= 0.6 is 0 Å². The Bertz CT molecular complexity index is 319. The van der Waals surface area contributed by atoms with E-state index < -0.39 is 0 Å². The molecule has 138 valence electrons. The van der Waals surface area contributed by atoms with E-state index in [1.807, 2.05) is 0 Å². The van der Waals surface area contributed by atoms with Gasteiger partial charge in [0.1, 0.15) is 12.6 Å². The van der Waals surface area contributed by atoms with Crippen molar-refractivity contribution in [1.29, 1.82) is 0 Å². The average molecular weight is 342 g/mol. The first-order valence-electron chi connectivity index (χ1n) is 8.89. The number of unbranched alkanes of at least 4 members (excludes halogenated alkanes) is 7. The van der Waals surface area contributed by atoms with Crippen LogP contribution in [0.15, 0.2) is 0 Å². The highest BCUT2D eigenvalue weighted by Gasteiger charge is 2.06. The van der Waals surface area contributed by atoms with Crippen molar-refractivity contribution in [2.24, 2.45) is 0 Å². The number of rotatable bonds is 17. The standard InChI is InChI=1S/C18H30O6/c19-13-7-1-3-9-15-23-17(21)11-5-6-12-18(22)24-16-10-4-2-8-14-20/h13-14H,1-12,15-16H2. The lowest BCUT2D eigenvalue weighted by Gasteiger charge is -2.05. The van der Waals surface area contributed by atoms with Crippen LogP contribution in [0.1, 0.15) is 77.0 Å². The van der Waals surface area contributed by atoms with Crippen LogP contribution in [-0.4, -0.2) is 37.7 Å². The molecule has 0 aromatic heterocycles. The lowest BCUT2D eigenvalue weighted by atomic mass is 10.2. The van der Waals surface area contributed by atoms with Gasteiger partial charge in [-0.1, -0.05) is 0 Å². The fraction of sp³-hybridized carbons (Fsp3) is 0.778. The molecule has 0 aromatic rings. The second-order valence-corrected chi connectivity index (χ2v) is 5.68. The van der Waals surface area contributed by atoms with Crippen molar-refractivity contribution in [1.82, 2.24) is 0 Å². The van der Waals surface area contributed by atoms with E-state index in [0.717, 1.165) is 51.1 Å². The molecule has 0 saturated heterocycles. The van der Waals surface area contributed by atoms with Crippen molar-refractivity contribution >= 4 is 24.5 Å². The zero-order valence-electron chi connectivity index (χ0n) is 14.5. The van der Waals surface area contributed by atoms with E-state index in [4.69, 9.17) is 9.47 Å². The maximum absolute atomic E-state index is 11.5. The SMILES string of the molecule is O=CCCCCCOC(=O)CCCCC(=O)OCCCCCC=O. The molecule has 6 nitrogen and oxygen atoms in total. The minimum atomic E-state index is -0.242. The zero-order chi connectivity index (χ0) is 17.9. The number of hydrogen-bond acceptors (Lipinski definition) is 6. The average Bonchev–Trinajstić information content (AvgIpc) is 2.58. The molecule has 0 aromatic carbocycles. The summed E-state index contributed by atoms with van der Waals surface area (Å²) in [6.45, 7) is 0.785. The van der Waals surface area contributed by atoms with E-state index in [-0.39, 0.29) is 11.9 Å². The summed E-state index contributed by atoms with van der Waals surface area (Å²) in [6, 6.07) is 0. The van der Waals surface area contributed by atoms with E-state index in [1.165, 1.54) is 0 Å². The third kappa shape index (κ3) is 16.6. The molecule has 6 heteroatoms. The third-order valence-electron chi connectivity index (χ3n) is 3.47. The fourth-order valence-corrected chi connectivity index (χ4v) is 2.07. The van der Waals surface area contributed by atoms with E-state index >= 15 is 0 Å². The Kier molecular flexibility index (Phi) is 16.4. The summed E-state index contributed by atoms with van der Waals surface area (Å²) in [5.41, 5.74) is 0. The van der Waals surface area contributed by atoms with Crippen molar-refractivity contribution in [3.8, 4) is 0 Å². The number of carbonyl (C=O) groups is 4. The van der Waals surface area contributed by atoms with E-state index in [9.17, 15) is 19.2 Å². The van der Waals surface area contributed by atoms with Crippen LogP contribution in [0.25, 0.3) is 0 Å². The lowest BCUT2D eigenvalue weighted by molar-refractivity contribution is -0.146. The third-order valence-corrected chi connectivity index (χ3v) is 3.47. The van der Waals surface area contributed by atoms with E-state index in [0.29, 0.717) is 51.7 Å². The molecular weight excluding hydrogens is 312 g/mol. The van der Waals surface area contributed by atoms with Crippen LogP contribution in [0.3, 0.4) is 0 Å². The molecule has 0 rings (SSSR count). The van der Waals surface area contributed by atoms with Gasteiger partial charge in [-0.2, -0.15) is 0 Å². The molecule has 0 unspecified atom stereocenters. The Morgan fingerprint density at radius 3 is 1.38 bits per heavy atom. The van der Waals surface area contributed by atoms with Gasteiger partial charge in [0.05, 0.1) is 13.2 Å². The number of carbonyl (C=O) groups excluding carboxylic acids is 4. The summed E-state index contributed by atoms with van der Waals surface area (Å²) in [7, 11) is 0. The Morgan fingerprint density at radius 1 is 0.583 bits per heavy atom. The number of aldehydes is 2. The fourth-order valence-electron chi connectivity index (χ4n) is 2.07. The zero-order valence-corrected chi connectivity index (χ0v) is 14.5. The molecule has 0 bridgehead atoms. The highest BCUT2D eigenvalue weighted by molar-refractivity contribution is 5.70. The van der Waals surface area contributed by atoms with Gasteiger partial charge in [-0.25, -0.2) is 0 Å². The highest BCUT2D eigenvalue weighted by atomic mass is 16.5. The summed E-state index contributed by atoms with van der Waals surface area (Å²) >= 11 is 0. The van der Waals surface area contributed by atoms with Gasteiger partial charge in [0, 0.05) is 25.7 Å². The lowest BCUT2D eigenvalue weighted by Crippen LogP contribution is -2.08. The molecular formula is C18H30O6. The van der Waals surface area contributed by atoms with Gasteiger partial charge < -0.3 is 19.1 Å². The Morgan fingerprint density at radius 2 is 1.00 bits per heavy atom. The van der Waals surface area contributed by atoms with Crippen LogP contribution in [0, 0.1) is 0 Å². The minimum Gasteiger partial charge on any atom is -0.466 e. The molecule has 0 atom stereocenters. The van der Waals surface area contributed by atoms with E-state index in [1.54, 1.807) is 0 Å². The maximum Gasteiger partial charge on any atom is 0.305 e. The second kappa shape index (κ2) is 17.6. The van der Waals surface area contributed by atoms with Crippen LogP contribution in [0.5, 0.6) is 0 Å². The van der Waals surface area contributed by atoms with Crippen molar-refractivity contribution in [2.75, 3.05) is 13.2 Å². The summed E-state index contributed by atoms with van der Waals surface area (Å²) in [5.74, 6) is -0.483. The largest absolute Gasteiger partial charge is 0.466 e. The Hall–Kier alpha value is -1.72. The van der Waals surface area contributed by atoms with Gasteiger partial charge in [0.15, 0.2) is 0 Å². The normalized spacial score (nSPS) is 10.2. The topological polar surface area (TPSA) is 86.7 Å². The quantitative estimate of drug-likeness (QED) is 0.229. The van der Waals surface area contributed by atoms with Gasteiger partial charge in [-0.15, -0.1) is 0 Å². The molecule has 0 aliphatic heterocycles. The smallest absolute Gasteiger partial charge is 0.305 e. The van der Waals surface area contributed by atoms with E-state index in [2.05, 4.69) is 0 Å². The Balaban J connectivity index is 3.34. The first kappa shape index (κ1) is 22.3. The van der Waals surface area contributed by atoms with Gasteiger partial charge in [-0.3, -0.25) is 9.59 Å². The van der Waals surface area contributed by atoms with Crippen molar-refractivity contribution in [3.05, 3.63) is 0 Å². The summed E-state index contributed by atoms with van der Waals surface area (Å²) in [6.07, 6.45) is 9.73. The van der Waals surface area contributed by atoms with Crippen LogP contribution in [0.4, 0.5) is 0 Å². The Labute approximate surface area is 144 Å². The van der Waals surface area contributed by atoms with Crippen LogP contribution < -0.4 is 0 Å². The van der Waals surface area contributed by atoms with Crippen LogP contribution in [-0.2, 0) is 28.7 Å². The molecule has 0 amide bonds. The minimum absolute atomic E-state index is 0.242. The number of esters is 2. The monoisotopic (exact) mass is 342 g/mol. The predicted molar refractivity (Wildman–Crippen MR) is 89.5 cm³/mol. The molecule has 24 heavy (non-hydrogen) atoms. The predicted octanol–water partition coefficient (Wildman–Crippen LogP) is 3.15. The summed E-state index contributed by atoms with van der Waals surface area (Å²) < 4.78 is 10.1. The molecule has 0 aliphatic rings. The number of hydrogen-bond donors (Lipinski definition) is 0. The molecule has 0 aliphatic carbocycles. The summed E-state index contributed by atoms with van der Waals surface area (Å²) in [5, 5.41) is 0. The number of ether oxygens (including phenoxy) is 2. The second-order valence-electron chi connectivity index (χ2n) is 5.68. The summed E-state index contributed by atoms with van der Waals surface area (Å²) in [4.78, 5) is 43.2. The van der Waals surface area contributed by atoms with Crippen molar-refractivity contribution in [3.63, 3.8) is 0 Å². The molecule has 0 fully saturated rings. The van der Waals surface area contributed by atoms with Gasteiger partial charge in [-0.05, 0) is 51.4 Å². The molecule has 0 spiro atoms. The first-order chi connectivity index (χ1) is 11.7. The van der Waals surface area contributed by atoms with Crippen LogP contribution in [0.2, 0.25) is 0 Å². The van der Waals surface area contributed by atoms with Gasteiger partial charge >= 0.3 is 11.9 Å². The van der Waals surface area contributed by atoms with Gasteiger partial charge in [0.2, 0.25) is 0 Å². The highest BCUT2D eigenvalue weighted by Crippen LogP contribution is 2.05. The van der Waals surface area contributed by atoms with Crippen molar-refractivity contribution in [2.45, 2.75) is 77.0 Å². The maximum atomic E-state index is 11.5. The molecule has 0 heterocycles. The van der Waals surface area contributed by atoms with Crippen molar-refractivity contribution < 1.29 is 28.7 Å². The molecule has 0 saturated carbocycles. The van der Waals surface area contributed by atoms with Gasteiger partial charge in [0.25, 0.3) is 0 Å².